The van der Waals surface area contributed by atoms with Crippen LogP contribution in [0.5, 0.6) is 0 Å². The first-order valence-corrected chi connectivity index (χ1v) is 19.5. The number of hydrogen-bond acceptors (Lipinski definition) is 4. The van der Waals surface area contributed by atoms with Crippen LogP contribution in [-0.2, 0) is 5.41 Å². The smallest absolute Gasteiger partial charge is 0.164 e. The molecule has 0 fully saturated rings. The SMILES string of the molecule is CC1(C)c2ccccc2-c2c(-c3nc(-c4ccc(-c5cc6ccccc6s5)cc4)nc(-c4ccc5c(c4)c4ccccc4n5-c4ccccc4)n3)cccc21. The lowest BCUT2D eigenvalue weighted by molar-refractivity contribution is 0.660. The van der Waals surface area contributed by atoms with Crippen LogP contribution >= 0.6 is 11.3 Å². The van der Waals surface area contributed by atoms with Crippen molar-refractivity contribution in [1.29, 1.82) is 0 Å². The molecule has 0 saturated heterocycles. The van der Waals surface area contributed by atoms with Gasteiger partial charge in [-0.2, -0.15) is 0 Å². The lowest BCUT2D eigenvalue weighted by Gasteiger charge is -2.21. The van der Waals surface area contributed by atoms with Crippen molar-refractivity contribution in [2.75, 3.05) is 0 Å². The molecule has 0 amide bonds. The number of hydrogen-bond donors (Lipinski definition) is 0. The number of para-hydroxylation sites is 2. The zero-order chi connectivity index (χ0) is 36.7. The fourth-order valence-electron chi connectivity index (χ4n) is 8.57. The van der Waals surface area contributed by atoms with Crippen molar-refractivity contribution in [2.45, 2.75) is 19.3 Å². The Morgan fingerprint density at radius 2 is 1.11 bits per heavy atom. The predicted molar refractivity (Wildman–Crippen MR) is 229 cm³/mol. The van der Waals surface area contributed by atoms with Gasteiger partial charge in [0.25, 0.3) is 0 Å². The topological polar surface area (TPSA) is 43.6 Å². The van der Waals surface area contributed by atoms with Crippen LogP contribution in [0.25, 0.3) is 93.3 Å². The highest BCUT2D eigenvalue weighted by atomic mass is 32.1. The summed E-state index contributed by atoms with van der Waals surface area (Å²) in [5.41, 5.74) is 12.4. The van der Waals surface area contributed by atoms with Crippen LogP contribution in [0.3, 0.4) is 0 Å². The zero-order valence-corrected chi connectivity index (χ0v) is 31.2. The van der Waals surface area contributed by atoms with Crippen molar-refractivity contribution in [3.05, 3.63) is 181 Å². The van der Waals surface area contributed by atoms with E-state index in [4.69, 9.17) is 15.0 Å². The van der Waals surface area contributed by atoms with Gasteiger partial charge in [-0.05, 0) is 81.7 Å². The minimum atomic E-state index is -0.138. The molecular weight excluding hydrogens is 689 g/mol. The second-order valence-corrected chi connectivity index (χ2v) is 15.9. The number of nitrogens with zero attached hydrogens (tertiary/aromatic N) is 4. The standard InChI is InChI=1S/C50H34N4S/c1-50(2)40-19-9-7-17-37(40)46-38(18-12-20-41(46)50)49-52-47(32-25-23-31(24-26-32)45-30-33-13-6-11-22-44(33)55-45)51-48(53-49)34-27-28-43-39(29-34)36-16-8-10-21-42(36)54(43)35-14-4-3-5-15-35/h3-30H,1-2H3. The van der Waals surface area contributed by atoms with Gasteiger partial charge in [0, 0.05) is 48.1 Å². The Morgan fingerprint density at radius 1 is 0.473 bits per heavy atom. The van der Waals surface area contributed by atoms with Crippen LogP contribution in [0.4, 0.5) is 0 Å². The van der Waals surface area contributed by atoms with Gasteiger partial charge in [0.05, 0.1) is 11.0 Å². The molecule has 0 N–H and O–H groups in total. The van der Waals surface area contributed by atoms with Gasteiger partial charge in [-0.3, -0.25) is 0 Å². The third-order valence-corrected chi connectivity index (χ3v) is 12.4. The first-order valence-electron chi connectivity index (χ1n) is 18.7. The summed E-state index contributed by atoms with van der Waals surface area (Å²) in [7, 11) is 0. The number of aromatic nitrogens is 4. The summed E-state index contributed by atoms with van der Waals surface area (Å²) in [6.45, 7) is 4.62. The van der Waals surface area contributed by atoms with Crippen molar-refractivity contribution in [1.82, 2.24) is 19.5 Å². The first-order chi connectivity index (χ1) is 27.0. The number of benzene rings is 7. The van der Waals surface area contributed by atoms with E-state index in [0.717, 1.165) is 38.8 Å². The normalized spacial score (nSPS) is 13.1. The monoisotopic (exact) mass is 722 g/mol. The van der Waals surface area contributed by atoms with Crippen molar-refractivity contribution < 1.29 is 0 Å². The highest BCUT2D eigenvalue weighted by Gasteiger charge is 2.37. The van der Waals surface area contributed by atoms with Crippen molar-refractivity contribution in [2.24, 2.45) is 0 Å². The minimum absolute atomic E-state index is 0.138. The van der Waals surface area contributed by atoms with Gasteiger partial charge in [-0.15, -0.1) is 11.3 Å². The zero-order valence-electron chi connectivity index (χ0n) is 30.4. The van der Waals surface area contributed by atoms with Crippen molar-refractivity contribution in [3.8, 4) is 61.4 Å². The Balaban J connectivity index is 1.11. The summed E-state index contributed by atoms with van der Waals surface area (Å²) in [6, 6.07) is 60.6. The number of rotatable bonds is 5. The number of thiophene rings is 1. The minimum Gasteiger partial charge on any atom is -0.309 e. The molecule has 3 aromatic heterocycles. The molecule has 4 nitrogen and oxygen atoms in total. The van der Waals surface area contributed by atoms with Gasteiger partial charge in [0.15, 0.2) is 17.5 Å². The summed E-state index contributed by atoms with van der Waals surface area (Å²) in [5, 5.41) is 3.61. The Kier molecular flexibility index (Phi) is 7.04. The quantitative estimate of drug-likeness (QED) is 0.178. The molecule has 3 heterocycles. The fourth-order valence-corrected chi connectivity index (χ4v) is 9.64. The lowest BCUT2D eigenvalue weighted by atomic mass is 9.82. The predicted octanol–water partition coefficient (Wildman–Crippen LogP) is 13.2. The van der Waals surface area contributed by atoms with Crippen molar-refractivity contribution in [3.63, 3.8) is 0 Å². The maximum absolute atomic E-state index is 5.31. The van der Waals surface area contributed by atoms with Gasteiger partial charge in [0.1, 0.15) is 0 Å². The molecule has 5 heteroatoms. The van der Waals surface area contributed by atoms with E-state index in [0.29, 0.717) is 17.5 Å². The molecule has 1 aliphatic carbocycles. The van der Waals surface area contributed by atoms with E-state index in [2.05, 4.69) is 188 Å². The second kappa shape index (κ2) is 12.2. The average molecular weight is 723 g/mol. The molecular formula is C50H34N4S. The molecule has 260 valence electrons. The van der Waals surface area contributed by atoms with Crippen molar-refractivity contribution >= 4 is 43.2 Å². The molecule has 10 aromatic rings. The second-order valence-electron chi connectivity index (χ2n) is 14.9. The maximum atomic E-state index is 5.31. The summed E-state index contributed by atoms with van der Waals surface area (Å²) in [4.78, 5) is 17.1. The van der Waals surface area contributed by atoms with E-state index in [1.807, 2.05) is 11.3 Å². The third-order valence-electron chi connectivity index (χ3n) is 11.3. The van der Waals surface area contributed by atoms with E-state index >= 15 is 0 Å². The largest absolute Gasteiger partial charge is 0.309 e. The van der Waals surface area contributed by atoms with Gasteiger partial charge >= 0.3 is 0 Å². The molecule has 0 bridgehead atoms. The Labute approximate surface area is 323 Å². The highest BCUT2D eigenvalue weighted by Crippen LogP contribution is 2.51. The van der Waals surface area contributed by atoms with Gasteiger partial charge in [-0.1, -0.05) is 135 Å². The van der Waals surface area contributed by atoms with E-state index in [-0.39, 0.29) is 5.41 Å². The molecule has 0 saturated carbocycles. The molecule has 0 radical (unpaired) electrons. The maximum Gasteiger partial charge on any atom is 0.164 e. The Bertz CT molecular complexity index is 3080. The van der Waals surface area contributed by atoms with E-state index in [1.165, 1.54) is 48.2 Å². The van der Waals surface area contributed by atoms with Crippen LogP contribution in [0.2, 0.25) is 0 Å². The Morgan fingerprint density at radius 3 is 1.96 bits per heavy atom. The lowest BCUT2D eigenvalue weighted by Crippen LogP contribution is -2.14. The Hall–Kier alpha value is -6.69. The molecule has 0 unspecified atom stereocenters. The summed E-state index contributed by atoms with van der Waals surface area (Å²) in [6.07, 6.45) is 0. The van der Waals surface area contributed by atoms with Gasteiger partial charge in [-0.25, -0.2) is 15.0 Å². The molecule has 0 aliphatic heterocycles. The molecule has 11 rings (SSSR count). The van der Waals surface area contributed by atoms with Gasteiger partial charge in [0.2, 0.25) is 0 Å². The summed E-state index contributed by atoms with van der Waals surface area (Å²) >= 11 is 1.82. The van der Waals surface area contributed by atoms with Crippen LogP contribution in [-0.4, -0.2) is 19.5 Å². The third kappa shape index (κ3) is 5.00. The highest BCUT2D eigenvalue weighted by molar-refractivity contribution is 7.22. The summed E-state index contributed by atoms with van der Waals surface area (Å²) in [5.74, 6) is 1.97. The molecule has 1 aliphatic rings. The number of fused-ring (bicyclic) bond motifs is 7. The van der Waals surface area contributed by atoms with Crippen LogP contribution in [0.15, 0.2) is 170 Å². The van der Waals surface area contributed by atoms with Crippen LogP contribution in [0, 0.1) is 0 Å². The fraction of sp³-hybridized carbons (Fsp3) is 0.0600. The van der Waals surface area contributed by atoms with E-state index in [1.54, 1.807) is 0 Å². The van der Waals surface area contributed by atoms with Crippen LogP contribution < -0.4 is 0 Å². The summed E-state index contributed by atoms with van der Waals surface area (Å²) < 4.78 is 3.63. The molecule has 0 spiro atoms. The molecule has 0 atom stereocenters. The van der Waals surface area contributed by atoms with E-state index < -0.39 is 0 Å². The average Bonchev–Trinajstić information content (AvgIpc) is 3.89. The van der Waals surface area contributed by atoms with Crippen LogP contribution in [0.1, 0.15) is 25.0 Å². The first kappa shape index (κ1) is 31.8. The molecule has 55 heavy (non-hydrogen) atoms. The van der Waals surface area contributed by atoms with E-state index in [9.17, 15) is 0 Å². The molecule has 7 aromatic carbocycles. The van der Waals surface area contributed by atoms with Gasteiger partial charge < -0.3 is 4.57 Å².